The molecule has 0 N–H and O–H groups in total. The van der Waals surface area contributed by atoms with Crippen LogP contribution in [0.4, 0.5) is 0 Å². The summed E-state index contributed by atoms with van der Waals surface area (Å²) in [5, 5.41) is 10.0. The molecule has 1 fully saturated rings. The van der Waals surface area contributed by atoms with Crippen LogP contribution in [-0.2, 0) is 0 Å². The van der Waals surface area contributed by atoms with Crippen molar-refractivity contribution >= 4 is 17.2 Å². The van der Waals surface area contributed by atoms with Crippen LogP contribution in [0.5, 0.6) is 0 Å². The summed E-state index contributed by atoms with van der Waals surface area (Å²) < 4.78 is 0. The molecule has 102 valence electrons. The number of nitrogens with zero attached hydrogens (tertiary/aromatic N) is 4. The number of aromatic nitrogens is 1. The average molecular weight is 278 g/mol. The second-order valence-electron chi connectivity index (χ2n) is 5.19. The van der Waals surface area contributed by atoms with E-state index in [2.05, 4.69) is 16.0 Å². The van der Waals surface area contributed by atoms with Gasteiger partial charge in [-0.05, 0) is 20.8 Å². The number of hydrogen-bond donors (Lipinski definition) is 0. The molecule has 1 saturated heterocycles. The summed E-state index contributed by atoms with van der Waals surface area (Å²) in [5.74, 6) is 0.0556. The zero-order chi connectivity index (χ0) is 14.0. The third-order valence-electron chi connectivity index (χ3n) is 3.46. The molecule has 19 heavy (non-hydrogen) atoms. The van der Waals surface area contributed by atoms with Gasteiger partial charge in [-0.25, -0.2) is 4.98 Å². The first-order chi connectivity index (χ1) is 8.94. The van der Waals surface area contributed by atoms with Crippen molar-refractivity contribution in [3.05, 3.63) is 16.1 Å². The van der Waals surface area contributed by atoms with Crippen molar-refractivity contribution in [1.29, 1.82) is 5.26 Å². The van der Waals surface area contributed by atoms with E-state index in [0.29, 0.717) is 18.0 Å². The van der Waals surface area contributed by atoms with Crippen LogP contribution in [0.1, 0.15) is 28.5 Å². The number of rotatable bonds is 2. The third-order valence-corrected chi connectivity index (χ3v) is 4.36. The lowest BCUT2D eigenvalue weighted by atomic mass is 10.0. The van der Waals surface area contributed by atoms with Gasteiger partial charge in [-0.1, -0.05) is 0 Å². The molecule has 1 aliphatic rings. The molecule has 5 nitrogen and oxygen atoms in total. The fourth-order valence-electron chi connectivity index (χ4n) is 2.16. The number of aryl methyl sites for hydroxylation is 1. The van der Waals surface area contributed by atoms with Crippen molar-refractivity contribution in [2.45, 2.75) is 26.3 Å². The summed E-state index contributed by atoms with van der Waals surface area (Å²) in [5.41, 5.74) is -0.462. The average Bonchev–Trinajstić information content (AvgIpc) is 2.85. The molecule has 1 amide bonds. The van der Waals surface area contributed by atoms with Gasteiger partial charge in [0.15, 0.2) is 0 Å². The Kier molecular flexibility index (Phi) is 3.88. The lowest BCUT2D eigenvalue weighted by Gasteiger charge is -2.40. The van der Waals surface area contributed by atoms with Crippen molar-refractivity contribution in [3.63, 3.8) is 0 Å². The summed E-state index contributed by atoms with van der Waals surface area (Å²) in [4.78, 5) is 21.0. The van der Waals surface area contributed by atoms with Crippen LogP contribution in [0.3, 0.4) is 0 Å². The molecule has 1 aliphatic heterocycles. The molecule has 1 aromatic rings. The number of carbonyl (C=O) groups excluding carboxylic acids is 1. The zero-order valence-corrected chi connectivity index (χ0v) is 12.3. The van der Waals surface area contributed by atoms with E-state index < -0.39 is 5.54 Å². The van der Waals surface area contributed by atoms with Gasteiger partial charge in [0.25, 0.3) is 5.91 Å². The molecule has 0 radical (unpaired) electrons. The lowest BCUT2D eigenvalue weighted by Crippen LogP contribution is -2.55. The molecule has 0 unspecified atom stereocenters. The standard InChI is InChI=1S/C13H18N4OS/c1-10-15-8-11(19-10)12(18)16-4-6-17(7-5-16)13(2,3)9-14/h8H,4-7H2,1-3H3. The Balaban J connectivity index is 1.97. The van der Waals surface area contributed by atoms with Gasteiger partial charge in [0.1, 0.15) is 10.4 Å². The van der Waals surface area contributed by atoms with Crippen LogP contribution < -0.4 is 0 Å². The molecule has 1 aromatic heterocycles. The zero-order valence-electron chi connectivity index (χ0n) is 11.5. The largest absolute Gasteiger partial charge is 0.335 e. The number of nitriles is 1. The molecule has 0 aromatic carbocycles. The monoisotopic (exact) mass is 278 g/mol. The van der Waals surface area contributed by atoms with Crippen molar-refractivity contribution in [2.75, 3.05) is 26.2 Å². The topological polar surface area (TPSA) is 60.2 Å². The van der Waals surface area contributed by atoms with Crippen molar-refractivity contribution in [3.8, 4) is 6.07 Å². The normalized spacial score (nSPS) is 17.3. The number of amides is 1. The SMILES string of the molecule is Cc1ncc(C(=O)N2CCN(C(C)(C)C#N)CC2)s1. The Morgan fingerprint density at radius 1 is 1.42 bits per heavy atom. The van der Waals surface area contributed by atoms with E-state index in [0.717, 1.165) is 18.1 Å². The maximum absolute atomic E-state index is 12.3. The van der Waals surface area contributed by atoms with Crippen molar-refractivity contribution in [1.82, 2.24) is 14.8 Å². The Bertz CT molecular complexity index is 509. The molecule has 2 heterocycles. The maximum Gasteiger partial charge on any atom is 0.265 e. The van der Waals surface area contributed by atoms with Gasteiger partial charge in [0, 0.05) is 26.2 Å². The van der Waals surface area contributed by atoms with Gasteiger partial charge in [0.05, 0.1) is 17.3 Å². The van der Waals surface area contributed by atoms with Gasteiger partial charge in [-0.3, -0.25) is 9.69 Å². The predicted molar refractivity (Wildman–Crippen MR) is 74.0 cm³/mol. The first kappa shape index (κ1) is 14.0. The van der Waals surface area contributed by atoms with Crippen LogP contribution in [0.2, 0.25) is 0 Å². The van der Waals surface area contributed by atoms with E-state index in [4.69, 9.17) is 5.26 Å². The predicted octanol–water partition coefficient (Wildman–Crippen LogP) is 1.51. The van der Waals surface area contributed by atoms with Crippen LogP contribution in [0, 0.1) is 18.3 Å². The van der Waals surface area contributed by atoms with Crippen LogP contribution in [0.25, 0.3) is 0 Å². The number of carbonyl (C=O) groups is 1. The first-order valence-corrected chi connectivity index (χ1v) is 7.14. The highest BCUT2D eigenvalue weighted by molar-refractivity contribution is 7.13. The van der Waals surface area contributed by atoms with E-state index in [9.17, 15) is 4.79 Å². The second kappa shape index (κ2) is 5.27. The van der Waals surface area contributed by atoms with Gasteiger partial charge in [0.2, 0.25) is 0 Å². The summed E-state index contributed by atoms with van der Waals surface area (Å²) in [7, 11) is 0. The molecular weight excluding hydrogens is 260 g/mol. The van der Waals surface area contributed by atoms with E-state index in [-0.39, 0.29) is 5.91 Å². The first-order valence-electron chi connectivity index (χ1n) is 6.32. The van der Waals surface area contributed by atoms with E-state index >= 15 is 0 Å². The highest BCUT2D eigenvalue weighted by Gasteiger charge is 2.31. The summed E-state index contributed by atoms with van der Waals surface area (Å²) in [6, 6.07) is 2.30. The molecule has 2 rings (SSSR count). The summed E-state index contributed by atoms with van der Waals surface area (Å²) in [6.45, 7) is 8.54. The Hall–Kier alpha value is -1.45. The van der Waals surface area contributed by atoms with E-state index in [1.807, 2.05) is 25.7 Å². The Morgan fingerprint density at radius 2 is 2.05 bits per heavy atom. The number of thiazole rings is 1. The molecule has 6 heteroatoms. The molecule has 0 bridgehead atoms. The second-order valence-corrected chi connectivity index (χ2v) is 6.43. The minimum absolute atomic E-state index is 0.0556. The van der Waals surface area contributed by atoms with Gasteiger partial charge in [-0.15, -0.1) is 11.3 Å². The smallest absolute Gasteiger partial charge is 0.265 e. The minimum atomic E-state index is -0.462. The Labute approximate surface area is 117 Å². The van der Waals surface area contributed by atoms with Crippen LogP contribution in [0.15, 0.2) is 6.20 Å². The summed E-state index contributed by atoms with van der Waals surface area (Å²) in [6.07, 6.45) is 1.65. The number of piperazine rings is 1. The highest BCUT2D eigenvalue weighted by atomic mass is 32.1. The third kappa shape index (κ3) is 2.94. The maximum atomic E-state index is 12.3. The van der Waals surface area contributed by atoms with Crippen molar-refractivity contribution in [2.24, 2.45) is 0 Å². The molecule has 0 atom stereocenters. The fourth-order valence-corrected chi connectivity index (χ4v) is 2.90. The molecule has 0 spiro atoms. The van der Waals surface area contributed by atoms with Crippen molar-refractivity contribution < 1.29 is 4.79 Å². The van der Waals surface area contributed by atoms with Gasteiger partial charge < -0.3 is 4.90 Å². The molecule has 0 saturated carbocycles. The quantitative estimate of drug-likeness (QED) is 0.823. The van der Waals surface area contributed by atoms with Gasteiger partial charge in [-0.2, -0.15) is 5.26 Å². The fraction of sp³-hybridized carbons (Fsp3) is 0.615. The van der Waals surface area contributed by atoms with E-state index in [1.54, 1.807) is 6.20 Å². The minimum Gasteiger partial charge on any atom is -0.335 e. The lowest BCUT2D eigenvalue weighted by molar-refractivity contribution is 0.0525. The highest BCUT2D eigenvalue weighted by Crippen LogP contribution is 2.19. The molecular formula is C13H18N4OS. The van der Waals surface area contributed by atoms with Crippen LogP contribution in [-0.4, -0.2) is 52.4 Å². The van der Waals surface area contributed by atoms with Crippen LogP contribution >= 0.6 is 11.3 Å². The molecule has 0 aliphatic carbocycles. The number of hydrogen-bond acceptors (Lipinski definition) is 5. The van der Waals surface area contributed by atoms with Gasteiger partial charge >= 0.3 is 0 Å². The van der Waals surface area contributed by atoms with E-state index in [1.165, 1.54) is 11.3 Å². The summed E-state index contributed by atoms with van der Waals surface area (Å²) >= 11 is 1.43. The Morgan fingerprint density at radius 3 is 2.53 bits per heavy atom.